The largest absolute Gasteiger partial charge is 0.320 e. The highest BCUT2D eigenvalue weighted by molar-refractivity contribution is 9.10. The zero-order valence-electron chi connectivity index (χ0n) is 23.2. The molecule has 0 aliphatic carbocycles. The number of sulfone groups is 1. The van der Waals surface area contributed by atoms with Gasteiger partial charge in [-0.15, -0.1) is 9.19 Å². The molecular weight excluding hydrogens is 708 g/mol. The summed E-state index contributed by atoms with van der Waals surface area (Å²) in [6, 6.07) is 8.97. The summed E-state index contributed by atoms with van der Waals surface area (Å²) in [4.78, 5) is 17.1. The zero-order chi connectivity index (χ0) is 32.4. The van der Waals surface area contributed by atoms with Crippen molar-refractivity contribution in [2.45, 2.75) is 31.6 Å². The maximum Gasteiger partial charge on any atom is 0.284 e. The van der Waals surface area contributed by atoms with Crippen LogP contribution in [0.1, 0.15) is 35.7 Å². The molecule has 18 heteroatoms. The Labute approximate surface area is 263 Å². The Bertz CT molecular complexity index is 1970. The lowest BCUT2D eigenvalue weighted by atomic mass is 10.1. The van der Waals surface area contributed by atoms with E-state index in [2.05, 4.69) is 31.3 Å². The van der Waals surface area contributed by atoms with Crippen LogP contribution >= 0.6 is 15.9 Å². The SMILES string of the molecule is CCCS(=O)(=O)CCCN(c1ccc(F)c(C(=O)Nc2cnc3c(c2)c(Br)nn3S(=O)(=O)c2ccc(C)cc2)c1F)S(=O)O. The van der Waals surface area contributed by atoms with Crippen molar-refractivity contribution in [1.29, 1.82) is 0 Å². The van der Waals surface area contributed by atoms with E-state index in [4.69, 9.17) is 0 Å². The molecule has 0 spiro atoms. The number of aryl methyl sites for hydroxylation is 1. The van der Waals surface area contributed by atoms with Crippen molar-refractivity contribution < 1.29 is 39.2 Å². The zero-order valence-corrected chi connectivity index (χ0v) is 27.2. The number of halogens is 3. The number of nitrogens with one attached hydrogen (secondary N) is 1. The minimum atomic E-state index is -4.15. The average molecular weight is 735 g/mol. The van der Waals surface area contributed by atoms with Gasteiger partial charge in [-0.3, -0.25) is 13.7 Å². The monoisotopic (exact) mass is 733 g/mol. The predicted molar refractivity (Wildman–Crippen MR) is 165 cm³/mol. The van der Waals surface area contributed by atoms with Crippen molar-refractivity contribution in [3.63, 3.8) is 0 Å². The van der Waals surface area contributed by atoms with Gasteiger partial charge in [0.05, 0.1) is 33.6 Å². The molecule has 2 N–H and O–H groups in total. The number of hydrogen-bond donors (Lipinski definition) is 2. The van der Waals surface area contributed by atoms with E-state index in [9.17, 15) is 34.8 Å². The van der Waals surface area contributed by atoms with Gasteiger partial charge in [-0.05, 0) is 66.0 Å². The molecule has 236 valence electrons. The van der Waals surface area contributed by atoms with Crippen molar-refractivity contribution in [3.8, 4) is 0 Å². The number of benzene rings is 2. The summed E-state index contributed by atoms with van der Waals surface area (Å²) < 4.78 is 104. The molecule has 0 aliphatic rings. The van der Waals surface area contributed by atoms with Crippen molar-refractivity contribution in [2.75, 3.05) is 27.7 Å². The maximum absolute atomic E-state index is 15.5. The van der Waals surface area contributed by atoms with E-state index < -0.39 is 59.9 Å². The Balaban J connectivity index is 1.62. The van der Waals surface area contributed by atoms with E-state index in [1.165, 1.54) is 18.2 Å². The normalized spacial score (nSPS) is 12.8. The molecule has 0 radical (unpaired) electrons. The van der Waals surface area contributed by atoms with Gasteiger partial charge in [-0.25, -0.2) is 26.4 Å². The molecule has 0 fully saturated rings. The van der Waals surface area contributed by atoms with Crippen LogP contribution in [0.5, 0.6) is 0 Å². The molecule has 12 nitrogen and oxygen atoms in total. The standard InChI is InChI=1S/C26H26BrF2N5O7S3/c1-3-12-43(38,39)13-4-11-33(42(36)37)21-10-9-20(28)22(23(21)29)26(35)31-17-14-19-24(27)32-34(25(19)30-15-17)44(40,41)18-7-5-16(2)6-8-18/h5-10,14-15H,3-4,11-13H2,1-2H3,(H,31,35)(H,36,37). The second kappa shape index (κ2) is 13.4. The summed E-state index contributed by atoms with van der Waals surface area (Å²) >= 11 is 0.348. The molecular formula is C26H26BrF2N5O7S3. The number of pyridine rings is 1. The van der Waals surface area contributed by atoms with Crippen molar-refractivity contribution in [2.24, 2.45) is 0 Å². The third-order valence-electron chi connectivity index (χ3n) is 6.34. The van der Waals surface area contributed by atoms with E-state index >= 15 is 4.39 Å². The van der Waals surface area contributed by atoms with Gasteiger partial charge in [0, 0.05) is 12.3 Å². The molecule has 2 aromatic carbocycles. The molecule has 1 amide bonds. The molecule has 2 aromatic heterocycles. The summed E-state index contributed by atoms with van der Waals surface area (Å²) in [6.45, 7) is 3.11. The third-order valence-corrected chi connectivity index (χ3v) is 11.2. The summed E-state index contributed by atoms with van der Waals surface area (Å²) in [5, 5.41) is 6.47. The number of amides is 1. The molecule has 0 bridgehead atoms. The van der Waals surface area contributed by atoms with Crippen LogP contribution in [0.2, 0.25) is 0 Å². The number of aromatic nitrogens is 3. The molecule has 1 atom stereocenters. The van der Waals surface area contributed by atoms with E-state index in [1.807, 2.05) is 0 Å². The summed E-state index contributed by atoms with van der Waals surface area (Å²) in [7, 11) is -7.57. The first kappa shape index (κ1) is 33.6. The van der Waals surface area contributed by atoms with Crippen LogP contribution < -0.4 is 9.62 Å². The van der Waals surface area contributed by atoms with Gasteiger partial charge in [0.15, 0.2) is 11.5 Å². The van der Waals surface area contributed by atoms with Gasteiger partial charge < -0.3 is 5.32 Å². The van der Waals surface area contributed by atoms with E-state index in [0.29, 0.717) is 14.8 Å². The Kier molecular flexibility index (Phi) is 10.2. The van der Waals surface area contributed by atoms with Crippen molar-refractivity contribution >= 4 is 75.4 Å². The van der Waals surface area contributed by atoms with Gasteiger partial charge in [0.1, 0.15) is 25.8 Å². The minimum absolute atomic E-state index is 0.0366. The molecule has 0 aliphatic heterocycles. The molecule has 1 unspecified atom stereocenters. The van der Waals surface area contributed by atoms with Crippen molar-refractivity contribution in [1.82, 2.24) is 14.2 Å². The lowest BCUT2D eigenvalue weighted by Gasteiger charge is -2.21. The molecule has 4 aromatic rings. The van der Waals surface area contributed by atoms with E-state index in [1.54, 1.807) is 26.0 Å². The highest BCUT2D eigenvalue weighted by Gasteiger charge is 2.27. The van der Waals surface area contributed by atoms with Gasteiger partial charge in [0.2, 0.25) is 0 Å². The number of hydrogen-bond acceptors (Lipinski definition) is 8. The minimum Gasteiger partial charge on any atom is -0.320 e. The van der Waals surface area contributed by atoms with Crippen LogP contribution in [0.4, 0.5) is 20.2 Å². The fraction of sp³-hybridized carbons (Fsp3) is 0.269. The highest BCUT2D eigenvalue weighted by atomic mass is 79.9. The average Bonchev–Trinajstić information content (AvgIpc) is 3.28. The molecule has 0 saturated carbocycles. The van der Waals surface area contributed by atoms with Gasteiger partial charge in [0.25, 0.3) is 27.2 Å². The fourth-order valence-corrected chi connectivity index (χ4v) is 8.04. The van der Waals surface area contributed by atoms with E-state index in [0.717, 1.165) is 23.9 Å². The first-order valence-corrected chi connectivity index (χ1v) is 18.0. The molecule has 44 heavy (non-hydrogen) atoms. The van der Waals surface area contributed by atoms with Gasteiger partial charge in [-0.2, -0.15) is 8.42 Å². The fourth-order valence-electron chi connectivity index (χ4n) is 4.25. The topological polar surface area (TPSA) is 169 Å². The Morgan fingerprint density at radius 3 is 2.43 bits per heavy atom. The summed E-state index contributed by atoms with van der Waals surface area (Å²) in [5.74, 6) is -4.39. The Morgan fingerprint density at radius 1 is 1.11 bits per heavy atom. The lowest BCUT2D eigenvalue weighted by Crippen LogP contribution is -2.30. The molecule has 0 saturated heterocycles. The van der Waals surface area contributed by atoms with Crippen molar-refractivity contribution in [3.05, 3.63) is 76.0 Å². The number of nitrogens with zero attached hydrogens (tertiary/aromatic N) is 4. The molecule has 2 heterocycles. The van der Waals surface area contributed by atoms with Crippen LogP contribution in [0, 0.1) is 18.6 Å². The van der Waals surface area contributed by atoms with Gasteiger partial charge >= 0.3 is 0 Å². The Morgan fingerprint density at radius 2 is 1.80 bits per heavy atom. The van der Waals surface area contributed by atoms with Gasteiger partial charge in [-0.1, -0.05) is 24.6 Å². The number of rotatable bonds is 12. The van der Waals surface area contributed by atoms with Crippen LogP contribution in [-0.4, -0.2) is 63.7 Å². The van der Waals surface area contributed by atoms with E-state index in [-0.39, 0.29) is 50.7 Å². The summed E-state index contributed by atoms with van der Waals surface area (Å²) in [6.07, 6.45) is 1.33. The lowest BCUT2D eigenvalue weighted by molar-refractivity contribution is 0.101. The predicted octanol–water partition coefficient (Wildman–Crippen LogP) is 4.43. The highest BCUT2D eigenvalue weighted by Crippen LogP contribution is 2.30. The maximum atomic E-state index is 15.5. The first-order valence-electron chi connectivity index (χ1n) is 12.9. The number of carbonyl (C=O) groups is 1. The quantitative estimate of drug-likeness (QED) is 0.200. The Hall–Kier alpha value is -3.32. The van der Waals surface area contributed by atoms with Crippen LogP contribution in [-0.2, 0) is 31.1 Å². The van der Waals surface area contributed by atoms with Crippen LogP contribution in [0.15, 0.2) is 58.2 Å². The second-order valence-corrected chi connectivity index (χ2v) is 15.3. The number of fused-ring (bicyclic) bond motifs is 1. The first-order chi connectivity index (χ1) is 20.7. The van der Waals surface area contributed by atoms with Crippen LogP contribution in [0.25, 0.3) is 11.0 Å². The number of anilines is 2. The molecule has 4 rings (SSSR count). The summed E-state index contributed by atoms with van der Waals surface area (Å²) in [5.41, 5.74) is -0.972. The number of carbonyl (C=O) groups excluding carboxylic acids is 1. The smallest absolute Gasteiger partial charge is 0.284 e. The van der Waals surface area contributed by atoms with Crippen LogP contribution in [0.3, 0.4) is 0 Å². The second-order valence-electron chi connectivity index (χ2n) is 9.59. The third kappa shape index (κ3) is 7.14.